The minimum absolute atomic E-state index is 0. The Balaban J connectivity index is -0.0000000465. The predicted octanol–water partition coefficient (Wildman–Crippen LogP) is 12.1. The van der Waals surface area contributed by atoms with Crippen molar-refractivity contribution in [3.05, 3.63) is 216 Å². The molecule has 8 aliphatic heterocycles. The minimum atomic E-state index is -0.470. The van der Waals surface area contributed by atoms with E-state index in [1.807, 2.05) is 0 Å². The molecule has 0 saturated heterocycles. The number of nitrogens with one attached hydrogen (secondary N) is 2. The SMILES string of the molecule is CC1=C2C=CC3=[N+]2C24n5c(ccc5C(C)=c5ccc(n52)=C3C)C(C)=C2C=CC1=[N+]24.Cc1c2nc(c(C)c3ccc([nH]3)c(C)c3ccc([nH]3)c(C)c3nc1C=C3)C=C2.[CH3-].[CH3-].[CH3-].[CH3-].[CH3-].[CH3-].[CH3-].[CH3-].[HH].[HH].[Y].[Y].[Y].[Y].[Y].[Y].[Y].[Y].[Y].[Y].[Y].[Y].[Y].[Y].[Y].[Y].[Y].[Y].[Y].[Y]. The Hall–Kier alpha value is 15.3. The number of allylic oxidation sites excluding steroid dienone is 6. The molecule has 1 atom stereocenters. The maximum absolute atomic E-state index is 4.86. The van der Waals surface area contributed by atoms with Crippen molar-refractivity contribution in [2.75, 3.05) is 0 Å². The number of hydrogen-bond donors (Lipinski definition) is 2. The van der Waals surface area contributed by atoms with E-state index in [-0.39, 0.29) is 716 Å². The van der Waals surface area contributed by atoms with Crippen molar-refractivity contribution >= 4 is 74.5 Å². The molecule has 28 heteroatoms. The molecule has 13 heterocycles. The average Bonchev–Trinajstić information content (AvgIpc) is 4.08. The van der Waals surface area contributed by atoms with Gasteiger partial charge in [-0.25, -0.2) is 9.97 Å². The molecule has 0 amide bonds. The molecule has 1 spiro atoms. The largest absolute Gasteiger partial charge is 0.553 e. The first kappa shape index (κ1) is 143. The van der Waals surface area contributed by atoms with E-state index in [2.05, 4.69) is 181 Å². The molecule has 0 aromatic carbocycles. The molecular formula is C57H70N8Y20-6. The van der Waals surface area contributed by atoms with E-state index in [0.29, 0.717) is 0 Å². The van der Waals surface area contributed by atoms with Gasteiger partial charge in [-0.2, -0.15) is 9.13 Å². The molecule has 2 N–H and O–H groups in total. The summed E-state index contributed by atoms with van der Waals surface area (Å²) in [6.07, 6.45) is 17.6. The molecule has 20 radical (unpaired) electrons. The van der Waals surface area contributed by atoms with Crippen molar-refractivity contribution < 1.29 is 666 Å². The second kappa shape index (κ2) is 61.1. The summed E-state index contributed by atoms with van der Waals surface area (Å²) in [7, 11) is 0. The Labute approximate surface area is 1020 Å². The Morgan fingerprint density at radius 2 is 0.612 bits per heavy atom. The van der Waals surface area contributed by atoms with Crippen molar-refractivity contribution in [3.8, 4) is 0 Å². The number of fused-ring (bicyclic) bond motifs is 8. The quantitative estimate of drug-likeness (QED) is 0.117. The average molecular weight is 2650 g/mol. The second-order valence-corrected chi connectivity index (χ2v) is 16.4. The van der Waals surface area contributed by atoms with Crippen LogP contribution >= 0.6 is 0 Å². The third-order valence-electron chi connectivity index (χ3n) is 13.6. The van der Waals surface area contributed by atoms with Crippen molar-refractivity contribution in [3.63, 3.8) is 0 Å². The predicted molar refractivity (Wildman–Crippen MR) is 286 cm³/mol. The molecule has 5 aromatic rings. The van der Waals surface area contributed by atoms with E-state index in [1.54, 1.807) is 0 Å². The van der Waals surface area contributed by atoms with E-state index in [9.17, 15) is 0 Å². The zero-order valence-electron chi connectivity index (χ0n) is 53.0. The first-order valence-electron chi connectivity index (χ1n) is 19.9. The van der Waals surface area contributed by atoms with Crippen LogP contribution in [0.15, 0.2) is 89.8 Å². The second-order valence-electron chi connectivity index (χ2n) is 16.4. The van der Waals surface area contributed by atoms with Crippen LogP contribution in [0.5, 0.6) is 0 Å². The molecule has 404 valence electrons. The monoisotopic (exact) mass is 2640 g/mol. The van der Waals surface area contributed by atoms with Gasteiger partial charge in [-0.1, -0.05) is 9.15 Å². The van der Waals surface area contributed by atoms with Crippen molar-refractivity contribution in [1.82, 2.24) is 29.1 Å². The maximum atomic E-state index is 4.86. The molecule has 85 heavy (non-hydrogen) atoms. The molecule has 8 bridgehead atoms. The fourth-order valence-corrected chi connectivity index (χ4v) is 10.3. The summed E-state index contributed by atoms with van der Waals surface area (Å²) in [4.78, 5) is 16.8. The normalized spacial score (nSPS) is 13.2. The number of aromatic nitrogens is 6. The molecule has 0 aliphatic carbocycles. The van der Waals surface area contributed by atoms with Gasteiger partial charge < -0.3 is 69.4 Å². The van der Waals surface area contributed by atoms with Gasteiger partial charge in [0.1, 0.15) is 0 Å². The van der Waals surface area contributed by atoms with Gasteiger partial charge in [0.25, 0.3) is 0 Å². The van der Waals surface area contributed by atoms with Gasteiger partial charge in [-0.15, -0.1) is 0 Å². The summed E-state index contributed by atoms with van der Waals surface area (Å²) in [5.74, 6) is -0.470. The summed E-state index contributed by atoms with van der Waals surface area (Å²) in [5.41, 5.74) is 26.1. The zero-order chi connectivity index (χ0) is 38.8. The van der Waals surface area contributed by atoms with Gasteiger partial charge in [-0.05, 0) is 150 Å². The van der Waals surface area contributed by atoms with Crippen LogP contribution in [0.1, 0.15) is 87.0 Å². The number of aryl methyl sites for hydroxylation is 3. The number of hydrogen-bond acceptors (Lipinski definition) is 2. The molecular weight excluding hydrogens is 2570 g/mol. The fourth-order valence-electron chi connectivity index (χ4n) is 10.3. The van der Waals surface area contributed by atoms with Crippen LogP contribution in [0.4, 0.5) is 0 Å². The summed E-state index contributed by atoms with van der Waals surface area (Å²) in [6.45, 7) is 17.5. The topological polar surface area (TPSA) is 73.2 Å². The molecule has 1 unspecified atom stereocenters. The van der Waals surface area contributed by atoms with Crippen LogP contribution in [0.2, 0.25) is 0 Å². The standard InChI is InChI=1S/C25H20N4.C24H22N4.8CH3.20Y.2H2/c1-13-17-5-7-19-14(2)21-9-11-23-16(4)24-12-10-22-15(3)20-8-6-18(13)27(20)25(26(17)19,28(21)23)29(22)24;1-13-17-5-7-19(25-17)14(2)21-9-11-23(27-21)16(4)24-12-10-22(28-24)15(3)20-8-6-18(13)26-20;;;;;;;;;;;;;;;;;;;;;;;;;;;;;;/h5-12H,1-4H3;5-12,25-26H,1-4H3;8*1H3;;;;;;;;;;;;;;;;;;;;;2*1H/q+2;;8*-1;;;;;;;;;;;;;;;;;;;;;;. The third-order valence-corrected chi connectivity index (χ3v) is 13.6. The Kier molecular flexibility index (Phi) is 102. The van der Waals surface area contributed by atoms with E-state index < -0.39 is 5.91 Å². The molecule has 5 aromatic heterocycles. The summed E-state index contributed by atoms with van der Waals surface area (Å²) >= 11 is 0. The van der Waals surface area contributed by atoms with E-state index in [4.69, 9.17) is 9.97 Å². The van der Waals surface area contributed by atoms with Crippen LogP contribution in [0, 0.1) is 87.1 Å². The van der Waals surface area contributed by atoms with E-state index >= 15 is 0 Å². The van der Waals surface area contributed by atoms with Gasteiger partial charge in [0.15, 0.2) is 0 Å². The Morgan fingerprint density at radius 3 is 0.976 bits per heavy atom. The number of rotatable bonds is 0. The van der Waals surface area contributed by atoms with Crippen LogP contribution in [0.25, 0.3) is 63.1 Å². The minimum Gasteiger partial charge on any atom is -0.358 e. The maximum Gasteiger partial charge on any atom is 0.553 e. The number of aromatic amines is 2. The molecule has 8 nitrogen and oxygen atoms in total. The van der Waals surface area contributed by atoms with Crippen LogP contribution in [0.3, 0.4) is 0 Å². The van der Waals surface area contributed by atoms with Crippen LogP contribution in [-0.4, -0.2) is 49.6 Å². The van der Waals surface area contributed by atoms with Crippen LogP contribution < -0.4 is 10.7 Å². The fraction of sp³-hybridized carbons (Fsp3) is 0.158. The van der Waals surface area contributed by atoms with E-state index in [0.717, 1.165) is 61.5 Å². The van der Waals surface area contributed by atoms with Crippen molar-refractivity contribution in [2.45, 2.75) is 61.3 Å². The summed E-state index contributed by atoms with van der Waals surface area (Å²) < 4.78 is 10.3. The van der Waals surface area contributed by atoms with Gasteiger partial charge in [0.05, 0.1) is 50.4 Å². The van der Waals surface area contributed by atoms with Gasteiger partial charge in [-0.3, -0.25) is 0 Å². The molecule has 13 rings (SSSR count). The number of H-pyrrole nitrogens is 2. The zero-order valence-corrected chi connectivity index (χ0v) is 110. The Bertz CT molecular complexity index is 3400. The summed E-state index contributed by atoms with van der Waals surface area (Å²) in [6, 6.07) is 17.8. The molecule has 8 aliphatic rings. The molecule has 0 saturated carbocycles. The van der Waals surface area contributed by atoms with Crippen LogP contribution in [-0.2, 0) is 660 Å². The third kappa shape index (κ3) is 25.7. The van der Waals surface area contributed by atoms with E-state index in [1.165, 1.54) is 72.8 Å². The Morgan fingerprint density at radius 1 is 0.318 bits per heavy atom. The van der Waals surface area contributed by atoms with Gasteiger partial charge in [0.2, 0.25) is 22.8 Å². The van der Waals surface area contributed by atoms with Crippen molar-refractivity contribution in [1.29, 1.82) is 0 Å². The van der Waals surface area contributed by atoms with Gasteiger partial charge >= 0.3 is 5.91 Å². The van der Waals surface area contributed by atoms with Crippen molar-refractivity contribution in [2.24, 2.45) is 0 Å². The summed E-state index contributed by atoms with van der Waals surface area (Å²) in [5, 5.41) is 2.62. The first-order chi connectivity index (χ1) is 27.6. The smallest absolute Gasteiger partial charge is 0.358 e. The first-order valence-corrected chi connectivity index (χ1v) is 19.9. The van der Waals surface area contributed by atoms with Gasteiger partial charge in [0, 0.05) is 720 Å². The molecule has 0 fully saturated rings. The number of nitrogens with zero attached hydrogens (tertiary/aromatic N) is 6.